The number of rotatable bonds is 4. The van der Waals surface area contributed by atoms with Gasteiger partial charge in [0.25, 0.3) is 0 Å². The molecule has 0 aromatic heterocycles. The molecule has 1 saturated carbocycles. The average molecular weight is 254 g/mol. The van der Waals surface area contributed by atoms with Crippen molar-refractivity contribution in [1.82, 2.24) is 0 Å². The van der Waals surface area contributed by atoms with Crippen molar-refractivity contribution in [3.63, 3.8) is 0 Å². The molecule has 0 saturated heterocycles. The Balaban J connectivity index is 2.26. The Hall–Kier alpha value is -1.36. The summed E-state index contributed by atoms with van der Waals surface area (Å²) in [7, 11) is -1.60. The van der Waals surface area contributed by atoms with E-state index in [2.05, 4.69) is 0 Å². The van der Waals surface area contributed by atoms with Crippen LogP contribution in [0.5, 0.6) is 5.75 Å². The van der Waals surface area contributed by atoms with Gasteiger partial charge in [-0.2, -0.15) is 0 Å². The number of ether oxygens (including phenoxy) is 1. The Kier molecular flexibility index (Phi) is 2.95. The van der Waals surface area contributed by atoms with Gasteiger partial charge in [-0.25, -0.2) is 8.42 Å². The first-order chi connectivity index (χ1) is 7.99. The van der Waals surface area contributed by atoms with Crippen LogP contribution in [0.15, 0.2) is 24.3 Å². The highest BCUT2D eigenvalue weighted by Gasteiger charge is 2.57. The van der Waals surface area contributed by atoms with Gasteiger partial charge >= 0.3 is 0 Å². The molecule has 1 fully saturated rings. The van der Waals surface area contributed by atoms with E-state index < -0.39 is 21.0 Å². The summed E-state index contributed by atoms with van der Waals surface area (Å²) in [5, 5.41) is -0.562. The lowest BCUT2D eigenvalue weighted by molar-refractivity contribution is -0.108. The molecule has 0 spiro atoms. The summed E-state index contributed by atoms with van der Waals surface area (Å²) in [4.78, 5) is 10.8. The van der Waals surface area contributed by atoms with Gasteiger partial charge in [-0.3, -0.25) is 0 Å². The summed E-state index contributed by atoms with van der Waals surface area (Å²) < 4.78 is 28.0. The van der Waals surface area contributed by atoms with Gasteiger partial charge < -0.3 is 9.53 Å². The van der Waals surface area contributed by atoms with Crippen molar-refractivity contribution in [1.29, 1.82) is 0 Å². The van der Waals surface area contributed by atoms with Gasteiger partial charge in [0, 0.05) is 18.1 Å². The molecule has 3 atom stereocenters. The minimum absolute atomic E-state index is 0.201. The molecule has 17 heavy (non-hydrogen) atoms. The number of methoxy groups -OCH3 is 1. The lowest BCUT2D eigenvalue weighted by Crippen LogP contribution is -2.07. The van der Waals surface area contributed by atoms with Crippen LogP contribution in [0.25, 0.3) is 0 Å². The summed E-state index contributed by atoms with van der Waals surface area (Å²) in [6.07, 6.45) is 1.91. The smallest absolute Gasteiger partial charge is 0.151 e. The van der Waals surface area contributed by atoms with Crippen molar-refractivity contribution in [2.75, 3.05) is 13.4 Å². The first-order valence-corrected chi connectivity index (χ1v) is 7.22. The van der Waals surface area contributed by atoms with Gasteiger partial charge in [0.2, 0.25) is 0 Å². The highest BCUT2D eigenvalue weighted by atomic mass is 32.2. The van der Waals surface area contributed by atoms with Crippen molar-refractivity contribution < 1.29 is 17.9 Å². The van der Waals surface area contributed by atoms with E-state index in [9.17, 15) is 13.2 Å². The third-order valence-corrected chi connectivity index (χ3v) is 4.76. The molecule has 0 bridgehead atoms. The summed E-state index contributed by atoms with van der Waals surface area (Å²) >= 11 is 0. The number of hydrogen-bond donors (Lipinski definition) is 0. The number of benzene rings is 1. The maximum atomic E-state index is 11.5. The maximum absolute atomic E-state index is 11.5. The molecule has 1 aliphatic rings. The van der Waals surface area contributed by atoms with Crippen LogP contribution in [0, 0.1) is 5.92 Å². The van der Waals surface area contributed by atoms with Gasteiger partial charge in [-0.15, -0.1) is 0 Å². The third-order valence-electron chi connectivity index (χ3n) is 3.16. The Morgan fingerprint density at radius 2 is 1.82 bits per heavy atom. The standard InChI is InChI=1S/C12H14O4S/c1-16-9-5-3-8(4-6-9)11-10(7-13)12(11)17(2,14)15/h3-7,10-12H,1-2H3/t10-,11-,12-/m1/s1. The van der Waals surface area contributed by atoms with Crippen LogP contribution in [0.4, 0.5) is 0 Å². The zero-order valence-electron chi connectivity index (χ0n) is 9.66. The van der Waals surface area contributed by atoms with Crippen LogP contribution in [-0.2, 0) is 14.6 Å². The van der Waals surface area contributed by atoms with E-state index in [1.54, 1.807) is 19.2 Å². The van der Waals surface area contributed by atoms with E-state index >= 15 is 0 Å². The number of hydrogen-bond acceptors (Lipinski definition) is 4. The molecule has 2 rings (SSSR count). The monoisotopic (exact) mass is 254 g/mol. The van der Waals surface area contributed by atoms with Gasteiger partial charge in [0.1, 0.15) is 12.0 Å². The molecule has 1 aromatic rings. The molecular weight excluding hydrogens is 240 g/mol. The fourth-order valence-electron chi connectivity index (χ4n) is 2.26. The van der Waals surface area contributed by atoms with E-state index in [1.807, 2.05) is 12.1 Å². The summed E-state index contributed by atoms with van der Waals surface area (Å²) in [5.74, 6) is 0.111. The zero-order valence-corrected chi connectivity index (χ0v) is 10.5. The Morgan fingerprint density at radius 3 is 2.18 bits per heavy atom. The molecule has 0 unspecified atom stereocenters. The fraction of sp³-hybridized carbons (Fsp3) is 0.417. The number of aldehydes is 1. The lowest BCUT2D eigenvalue weighted by Gasteiger charge is -2.02. The largest absolute Gasteiger partial charge is 0.497 e. The van der Waals surface area contributed by atoms with Gasteiger partial charge in [-0.05, 0) is 17.7 Å². The van der Waals surface area contributed by atoms with Crippen LogP contribution < -0.4 is 4.74 Å². The Bertz CT molecular complexity index is 518. The highest BCUT2D eigenvalue weighted by molar-refractivity contribution is 7.91. The molecule has 92 valence electrons. The molecule has 0 amide bonds. The van der Waals surface area contributed by atoms with Gasteiger partial charge in [-0.1, -0.05) is 12.1 Å². The molecule has 0 radical (unpaired) electrons. The quantitative estimate of drug-likeness (QED) is 0.753. The lowest BCUT2D eigenvalue weighted by atomic mass is 10.1. The SMILES string of the molecule is COc1ccc([C@@H]2[C@@H](C=O)[C@H]2S(C)(=O)=O)cc1. The van der Waals surface area contributed by atoms with Gasteiger partial charge in [0.05, 0.1) is 12.4 Å². The van der Waals surface area contributed by atoms with Crippen molar-refractivity contribution in [3.05, 3.63) is 29.8 Å². The summed E-state index contributed by atoms with van der Waals surface area (Å²) in [5.41, 5.74) is 0.873. The minimum Gasteiger partial charge on any atom is -0.497 e. The number of carbonyl (C=O) groups is 1. The predicted octanol–water partition coefficient (Wildman–Crippen LogP) is 1.02. The molecule has 1 aromatic carbocycles. The molecule has 4 nitrogen and oxygen atoms in total. The highest BCUT2D eigenvalue weighted by Crippen LogP contribution is 2.50. The number of sulfone groups is 1. The fourth-order valence-corrected chi connectivity index (χ4v) is 3.84. The maximum Gasteiger partial charge on any atom is 0.151 e. The molecule has 1 aliphatic carbocycles. The molecule has 0 N–H and O–H groups in total. The van der Waals surface area contributed by atoms with Crippen LogP contribution in [0.3, 0.4) is 0 Å². The third kappa shape index (κ3) is 2.20. The molecule has 5 heteroatoms. The van der Waals surface area contributed by atoms with E-state index in [0.29, 0.717) is 5.75 Å². The zero-order chi connectivity index (χ0) is 12.6. The van der Waals surface area contributed by atoms with Crippen molar-refractivity contribution in [3.8, 4) is 5.75 Å². The minimum atomic E-state index is -3.17. The second-order valence-corrected chi connectivity index (χ2v) is 6.51. The van der Waals surface area contributed by atoms with Crippen LogP contribution in [0.1, 0.15) is 11.5 Å². The van der Waals surface area contributed by atoms with Crippen LogP contribution in [0.2, 0.25) is 0 Å². The molecular formula is C12H14O4S. The molecule has 0 heterocycles. The van der Waals surface area contributed by atoms with E-state index in [-0.39, 0.29) is 5.92 Å². The van der Waals surface area contributed by atoms with E-state index in [0.717, 1.165) is 11.8 Å². The summed E-state index contributed by atoms with van der Waals surface area (Å²) in [6, 6.07) is 7.17. The van der Waals surface area contributed by atoms with E-state index in [1.165, 1.54) is 6.26 Å². The first-order valence-electron chi connectivity index (χ1n) is 5.27. The Morgan fingerprint density at radius 1 is 1.24 bits per heavy atom. The predicted molar refractivity (Wildman–Crippen MR) is 63.9 cm³/mol. The van der Waals surface area contributed by atoms with Crippen LogP contribution >= 0.6 is 0 Å². The normalized spacial score (nSPS) is 27.5. The average Bonchev–Trinajstić information content (AvgIpc) is 3.03. The Labute approximate surface area is 101 Å². The summed E-state index contributed by atoms with van der Waals surface area (Å²) in [6.45, 7) is 0. The second kappa shape index (κ2) is 4.14. The van der Waals surface area contributed by atoms with Crippen molar-refractivity contribution >= 4 is 16.1 Å². The van der Waals surface area contributed by atoms with Crippen molar-refractivity contribution in [2.45, 2.75) is 11.2 Å². The van der Waals surface area contributed by atoms with Gasteiger partial charge in [0.15, 0.2) is 9.84 Å². The van der Waals surface area contributed by atoms with E-state index in [4.69, 9.17) is 4.74 Å². The topological polar surface area (TPSA) is 60.4 Å². The number of carbonyl (C=O) groups excluding carboxylic acids is 1. The second-order valence-electron chi connectivity index (χ2n) is 4.31. The van der Waals surface area contributed by atoms with Crippen LogP contribution in [-0.4, -0.2) is 33.3 Å². The van der Waals surface area contributed by atoms with Crippen molar-refractivity contribution in [2.24, 2.45) is 5.92 Å². The molecule has 0 aliphatic heterocycles. The first kappa shape index (κ1) is 12.1.